The van der Waals surface area contributed by atoms with Gasteiger partial charge in [-0.05, 0) is 36.5 Å². The van der Waals surface area contributed by atoms with Crippen LogP contribution in [-0.4, -0.2) is 0 Å². The maximum Gasteiger partial charge on any atom is -0.00229 e. The first-order chi connectivity index (χ1) is 5.38. The Morgan fingerprint density at radius 1 is 1.08 bits per heavy atom. The molecular formula is C12H20. The van der Waals surface area contributed by atoms with Crippen LogP contribution >= 0.6 is 0 Å². The molecule has 2 rings (SSSR count). The molecule has 0 spiro atoms. The zero-order chi connectivity index (χ0) is 9.31. The summed E-state index contributed by atoms with van der Waals surface area (Å²) in [7, 11) is 0. The molecular weight excluding hydrogens is 144 g/mol. The Bertz CT molecular complexity index is 274. The summed E-state index contributed by atoms with van der Waals surface area (Å²) in [6.45, 7) is 14.4. The van der Waals surface area contributed by atoms with Gasteiger partial charge >= 0.3 is 0 Å². The molecule has 1 fully saturated rings. The van der Waals surface area contributed by atoms with E-state index in [1.807, 2.05) is 0 Å². The van der Waals surface area contributed by atoms with E-state index >= 15 is 0 Å². The number of allylic oxidation sites excluding steroid dienone is 2. The van der Waals surface area contributed by atoms with E-state index in [4.69, 9.17) is 0 Å². The van der Waals surface area contributed by atoms with Gasteiger partial charge in [0.05, 0.1) is 0 Å². The summed E-state index contributed by atoms with van der Waals surface area (Å²) in [5.41, 5.74) is 4.44. The van der Waals surface area contributed by atoms with E-state index in [9.17, 15) is 0 Å². The summed E-state index contributed by atoms with van der Waals surface area (Å²) in [6.07, 6.45) is 0. The number of hydrogen-bond donors (Lipinski definition) is 0. The second kappa shape index (κ2) is 1.81. The standard InChI is InChI=1S/C12H20/c1-7-8(2)11(5)10(4)12(11,6)9(7)3/h8,10H,1-6H3/t8-,10-,11-,12+/m0/s1. The maximum absolute atomic E-state index is 2.46. The molecule has 0 aromatic rings. The van der Waals surface area contributed by atoms with Gasteiger partial charge in [-0.15, -0.1) is 0 Å². The van der Waals surface area contributed by atoms with Crippen molar-refractivity contribution in [1.82, 2.24) is 0 Å². The van der Waals surface area contributed by atoms with Crippen LogP contribution in [0, 0.1) is 22.7 Å². The number of hydrogen-bond acceptors (Lipinski definition) is 0. The highest BCUT2D eigenvalue weighted by atomic mass is 14.8. The van der Waals surface area contributed by atoms with Crippen LogP contribution in [-0.2, 0) is 0 Å². The van der Waals surface area contributed by atoms with Gasteiger partial charge in [0.15, 0.2) is 0 Å². The smallest absolute Gasteiger partial charge is 0.00229 e. The van der Waals surface area contributed by atoms with Gasteiger partial charge < -0.3 is 0 Å². The highest BCUT2D eigenvalue weighted by Crippen LogP contribution is 2.80. The minimum atomic E-state index is 0.538. The average Bonchev–Trinajstić information content (AvgIpc) is 2.45. The fraction of sp³-hybridized carbons (Fsp3) is 0.833. The van der Waals surface area contributed by atoms with Crippen LogP contribution < -0.4 is 0 Å². The summed E-state index contributed by atoms with van der Waals surface area (Å²) in [5.74, 6) is 1.70. The monoisotopic (exact) mass is 164 g/mol. The summed E-state index contributed by atoms with van der Waals surface area (Å²) >= 11 is 0. The van der Waals surface area contributed by atoms with Crippen molar-refractivity contribution in [2.45, 2.75) is 41.5 Å². The minimum absolute atomic E-state index is 0.538. The van der Waals surface area contributed by atoms with Crippen LogP contribution in [0.25, 0.3) is 0 Å². The van der Waals surface area contributed by atoms with Gasteiger partial charge in [0.2, 0.25) is 0 Å². The van der Waals surface area contributed by atoms with Crippen LogP contribution in [0.5, 0.6) is 0 Å². The van der Waals surface area contributed by atoms with Gasteiger partial charge in [-0.25, -0.2) is 0 Å². The van der Waals surface area contributed by atoms with Gasteiger partial charge in [-0.1, -0.05) is 38.8 Å². The van der Waals surface area contributed by atoms with Crippen molar-refractivity contribution in [2.75, 3.05) is 0 Å². The Hall–Kier alpha value is -0.260. The summed E-state index contributed by atoms with van der Waals surface area (Å²) < 4.78 is 0. The minimum Gasteiger partial charge on any atom is -0.0704 e. The molecule has 0 aromatic heterocycles. The molecule has 0 aliphatic heterocycles. The quantitative estimate of drug-likeness (QED) is 0.479. The highest BCUT2D eigenvalue weighted by molar-refractivity contribution is 5.44. The first-order valence-electron chi connectivity index (χ1n) is 5.06. The van der Waals surface area contributed by atoms with E-state index < -0.39 is 0 Å². The lowest BCUT2D eigenvalue weighted by Crippen LogP contribution is -2.10. The summed E-state index contributed by atoms with van der Waals surface area (Å²) in [4.78, 5) is 0. The Labute approximate surface area is 76.1 Å². The van der Waals surface area contributed by atoms with Crippen LogP contribution in [0.15, 0.2) is 11.1 Å². The molecule has 12 heavy (non-hydrogen) atoms. The van der Waals surface area contributed by atoms with E-state index in [0.29, 0.717) is 10.8 Å². The zero-order valence-electron chi connectivity index (χ0n) is 9.15. The van der Waals surface area contributed by atoms with Crippen molar-refractivity contribution in [3.8, 4) is 0 Å². The second-order valence-electron chi connectivity index (χ2n) is 5.24. The summed E-state index contributed by atoms with van der Waals surface area (Å²) in [6, 6.07) is 0. The third-order valence-corrected chi connectivity index (χ3v) is 5.72. The molecule has 0 saturated heterocycles. The van der Waals surface area contributed by atoms with Crippen LogP contribution in [0.1, 0.15) is 41.5 Å². The summed E-state index contributed by atoms with van der Waals surface area (Å²) in [5, 5.41) is 0. The number of fused-ring (bicyclic) bond motifs is 1. The molecule has 1 saturated carbocycles. The number of rotatable bonds is 0. The van der Waals surface area contributed by atoms with Crippen LogP contribution in [0.2, 0.25) is 0 Å². The van der Waals surface area contributed by atoms with E-state index in [-0.39, 0.29) is 0 Å². The van der Waals surface area contributed by atoms with Gasteiger partial charge in [0, 0.05) is 0 Å². The van der Waals surface area contributed by atoms with E-state index in [1.165, 1.54) is 0 Å². The van der Waals surface area contributed by atoms with E-state index in [1.54, 1.807) is 11.1 Å². The van der Waals surface area contributed by atoms with Gasteiger partial charge in [0.1, 0.15) is 0 Å². The lowest BCUT2D eigenvalue weighted by Gasteiger charge is -2.17. The molecule has 0 bridgehead atoms. The Kier molecular flexibility index (Phi) is 1.26. The predicted octanol–water partition coefficient (Wildman–Crippen LogP) is 3.63. The van der Waals surface area contributed by atoms with Crippen LogP contribution in [0.3, 0.4) is 0 Å². The molecule has 0 heteroatoms. The van der Waals surface area contributed by atoms with Gasteiger partial charge in [-0.3, -0.25) is 0 Å². The molecule has 0 heterocycles. The van der Waals surface area contributed by atoms with Crippen molar-refractivity contribution in [2.24, 2.45) is 22.7 Å². The molecule has 0 nitrogen and oxygen atoms in total. The second-order valence-corrected chi connectivity index (χ2v) is 5.24. The zero-order valence-corrected chi connectivity index (χ0v) is 9.15. The van der Waals surface area contributed by atoms with Crippen molar-refractivity contribution in [3.05, 3.63) is 11.1 Å². The Balaban J connectivity index is 2.52. The molecule has 68 valence electrons. The Morgan fingerprint density at radius 3 is 1.83 bits per heavy atom. The van der Waals surface area contributed by atoms with Gasteiger partial charge in [0.25, 0.3) is 0 Å². The lowest BCUT2D eigenvalue weighted by molar-refractivity contribution is 0.364. The molecule has 4 atom stereocenters. The molecule has 0 amide bonds. The highest BCUT2D eigenvalue weighted by Gasteiger charge is 2.74. The van der Waals surface area contributed by atoms with E-state index in [0.717, 1.165) is 11.8 Å². The van der Waals surface area contributed by atoms with Gasteiger partial charge in [-0.2, -0.15) is 0 Å². The largest absolute Gasteiger partial charge is 0.0704 e. The predicted molar refractivity (Wildman–Crippen MR) is 52.9 cm³/mol. The first kappa shape index (κ1) is 8.34. The first-order valence-corrected chi connectivity index (χ1v) is 5.06. The Morgan fingerprint density at radius 2 is 1.58 bits per heavy atom. The van der Waals surface area contributed by atoms with Crippen molar-refractivity contribution < 1.29 is 0 Å². The fourth-order valence-corrected chi connectivity index (χ4v) is 3.83. The van der Waals surface area contributed by atoms with Crippen molar-refractivity contribution >= 4 is 0 Å². The maximum atomic E-state index is 2.46. The molecule has 2 aliphatic rings. The molecule has 0 radical (unpaired) electrons. The SMILES string of the molecule is CC1=C(C)[C@]2(C)[C@@H](C)[C@]2(C)[C@H]1C. The van der Waals surface area contributed by atoms with Crippen molar-refractivity contribution in [1.29, 1.82) is 0 Å². The third-order valence-electron chi connectivity index (χ3n) is 5.72. The van der Waals surface area contributed by atoms with Crippen LogP contribution in [0.4, 0.5) is 0 Å². The molecule has 0 aromatic carbocycles. The average molecular weight is 164 g/mol. The third kappa shape index (κ3) is 0.496. The molecule has 0 unspecified atom stereocenters. The van der Waals surface area contributed by atoms with Crippen molar-refractivity contribution in [3.63, 3.8) is 0 Å². The normalized spacial score (nSPS) is 57.5. The van der Waals surface area contributed by atoms with E-state index in [2.05, 4.69) is 41.5 Å². The molecule has 2 aliphatic carbocycles. The molecule has 0 N–H and O–H groups in total. The fourth-order valence-electron chi connectivity index (χ4n) is 3.83. The topological polar surface area (TPSA) is 0 Å². The lowest BCUT2D eigenvalue weighted by atomic mass is 9.87.